The normalized spacial score (nSPS) is 16.3. The van der Waals surface area contributed by atoms with Gasteiger partial charge in [0, 0.05) is 41.2 Å². The number of hydrogen-bond acceptors (Lipinski definition) is 5. The lowest BCUT2D eigenvalue weighted by Gasteiger charge is -2.15. The van der Waals surface area contributed by atoms with Crippen LogP contribution in [-0.4, -0.2) is 40.8 Å². The number of rotatable bonds is 6. The Kier molecular flexibility index (Phi) is 4.54. The van der Waals surface area contributed by atoms with Crippen LogP contribution in [-0.2, 0) is 24.3 Å². The summed E-state index contributed by atoms with van der Waals surface area (Å²) in [6, 6.07) is 2.09. The van der Waals surface area contributed by atoms with Crippen LogP contribution in [0.1, 0.15) is 44.9 Å². The summed E-state index contributed by atoms with van der Waals surface area (Å²) in [5.74, 6) is -0.206. The lowest BCUT2D eigenvalue weighted by molar-refractivity contribution is 0.0921. The topological polar surface area (TPSA) is 85.2 Å². The molecule has 2 amide bonds. The largest absolute Gasteiger partial charge is 0.376 e. The van der Waals surface area contributed by atoms with Crippen molar-refractivity contribution >= 4 is 23.2 Å². The molecular weight excluding hydrogens is 340 g/mol. The number of nitrogens with zero attached hydrogens (tertiary/aromatic N) is 2. The van der Waals surface area contributed by atoms with Crippen LogP contribution in [0.25, 0.3) is 0 Å². The molecule has 3 heterocycles. The SMILES string of the molecule is O=C(NCCn1nc(C(=O)NC2CC2)c2c1CCOC2)c1ccsc1. The zero-order chi connectivity index (χ0) is 17.2. The van der Waals surface area contributed by atoms with E-state index in [1.165, 1.54) is 11.3 Å². The van der Waals surface area contributed by atoms with Gasteiger partial charge in [-0.3, -0.25) is 14.3 Å². The molecule has 1 saturated carbocycles. The average Bonchev–Trinajstić information content (AvgIpc) is 3.13. The molecular formula is C17H20N4O3S. The van der Waals surface area contributed by atoms with Gasteiger partial charge in [0.2, 0.25) is 0 Å². The van der Waals surface area contributed by atoms with Crippen molar-refractivity contribution in [1.29, 1.82) is 0 Å². The molecule has 1 fully saturated rings. The number of hydrogen-bond donors (Lipinski definition) is 2. The average molecular weight is 360 g/mol. The Balaban J connectivity index is 1.44. The third-order valence-electron chi connectivity index (χ3n) is 4.42. The van der Waals surface area contributed by atoms with E-state index in [0.29, 0.717) is 43.6 Å². The summed E-state index contributed by atoms with van der Waals surface area (Å²) >= 11 is 1.50. The molecule has 1 aliphatic carbocycles. The molecule has 2 aliphatic rings. The smallest absolute Gasteiger partial charge is 0.272 e. The molecule has 8 heteroatoms. The van der Waals surface area contributed by atoms with Gasteiger partial charge in [0.15, 0.2) is 5.69 Å². The standard InChI is InChI=1S/C17H20N4O3S/c22-16(11-4-8-25-10-11)18-5-6-21-14-3-7-24-9-13(14)15(20-21)17(23)19-12-1-2-12/h4,8,10,12H,1-3,5-7,9H2,(H,18,22)(H,19,23). The fraction of sp³-hybridized carbons (Fsp3) is 0.471. The molecule has 2 aromatic rings. The van der Waals surface area contributed by atoms with Crippen LogP contribution in [0.15, 0.2) is 16.8 Å². The Bertz CT molecular complexity index is 780. The van der Waals surface area contributed by atoms with Crippen LogP contribution >= 0.6 is 11.3 Å². The Morgan fingerprint density at radius 1 is 1.36 bits per heavy atom. The van der Waals surface area contributed by atoms with Gasteiger partial charge < -0.3 is 15.4 Å². The predicted molar refractivity (Wildman–Crippen MR) is 92.7 cm³/mol. The van der Waals surface area contributed by atoms with Crippen LogP contribution in [0.5, 0.6) is 0 Å². The monoisotopic (exact) mass is 360 g/mol. The Morgan fingerprint density at radius 2 is 2.24 bits per heavy atom. The van der Waals surface area contributed by atoms with E-state index in [1.807, 2.05) is 15.4 Å². The van der Waals surface area contributed by atoms with Crippen LogP contribution in [0.3, 0.4) is 0 Å². The predicted octanol–water partition coefficient (Wildman–Crippen LogP) is 1.34. The summed E-state index contributed by atoms with van der Waals surface area (Å²) in [6.45, 7) is 2.05. The van der Waals surface area contributed by atoms with Crippen LogP contribution in [0.2, 0.25) is 0 Å². The number of ether oxygens (including phenoxy) is 1. The van der Waals surface area contributed by atoms with Crippen molar-refractivity contribution < 1.29 is 14.3 Å². The fourth-order valence-corrected chi connectivity index (χ4v) is 3.56. The van der Waals surface area contributed by atoms with E-state index in [1.54, 1.807) is 6.07 Å². The molecule has 0 radical (unpaired) electrons. The molecule has 0 atom stereocenters. The number of thiophene rings is 1. The Hall–Kier alpha value is -2.19. The number of amides is 2. The van der Waals surface area contributed by atoms with Gasteiger partial charge in [-0.1, -0.05) is 0 Å². The molecule has 132 valence electrons. The zero-order valence-corrected chi connectivity index (χ0v) is 14.6. The van der Waals surface area contributed by atoms with Crippen molar-refractivity contribution in [3.63, 3.8) is 0 Å². The maximum atomic E-state index is 12.4. The van der Waals surface area contributed by atoms with Crippen LogP contribution < -0.4 is 10.6 Å². The molecule has 25 heavy (non-hydrogen) atoms. The molecule has 0 aromatic carbocycles. The quantitative estimate of drug-likeness (QED) is 0.814. The van der Waals surface area contributed by atoms with Crippen molar-refractivity contribution in [3.8, 4) is 0 Å². The van der Waals surface area contributed by atoms with Gasteiger partial charge in [-0.15, -0.1) is 0 Å². The highest BCUT2D eigenvalue weighted by Crippen LogP contribution is 2.23. The molecule has 2 N–H and O–H groups in total. The summed E-state index contributed by atoms with van der Waals surface area (Å²) in [7, 11) is 0. The van der Waals surface area contributed by atoms with E-state index in [4.69, 9.17) is 4.74 Å². The highest BCUT2D eigenvalue weighted by Gasteiger charge is 2.29. The van der Waals surface area contributed by atoms with Crippen molar-refractivity contribution in [2.45, 2.75) is 38.5 Å². The number of carbonyl (C=O) groups is 2. The molecule has 0 spiro atoms. The maximum Gasteiger partial charge on any atom is 0.272 e. The van der Waals surface area contributed by atoms with Crippen molar-refractivity contribution in [2.24, 2.45) is 0 Å². The van der Waals surface area contributed by atoms with E-state index >= 15 is 0 Å². The zero-order valence-electron chi connectivity index (χ0n) is 13.8. The van der Waals surface area contributed by atoms with E-state index < -0.39 is 0 Å². The van der Waals surface area contributed by atoms with Gasteiger partial charge in [-0.25, -0.2) is 0 Å². The van der Waals surface area contributed by atoms with E-state index in [-0.39, 0.29) is 11.8 Å². The summed E-state index contributed by atoms with van der Waals surface area (Å²) < 4.78 is 7.35. The number of fused-ring (bicyclic) bond motifs is 1. The second kappa shape index (κ2) is 6.97. The summed E-state index contributed by atoms with van der Waals surface area (Å²) in [4.78, 5) is 24.4. The minimum atomic E-state index is -0.120. The van der Waals surface area contributed by atoms with E-state index in [2.05, 4.69) is 15.7 Å². The summed E-state index contributed by atoms with van der Waals surface area (Å²) in [5, 5.41) is 14.1. The number of carbonyl (C=O) groups excluding carboxylic acids is 2. The lowest BCUT2D eigenvalue weighted by atomic mass is 10.1. The van der Waals surface area contributed by atoms with Gasteiger partial charge in [0.1, 0.15) is 0 Å². The highest BCUT2D eigenvalue weighted by atomic mass is 32.1. The Labute approximate surface area is 149 Å². The minimum absolute atomic E-state index is 0.0858. The fourth-order valence-electron chi connectivity index (χ4n) is 2.93. The first-order chi connectivity index (χ1) is 12.2. The molecule has 0 saturated heterocycles. The lowest BCUT2D eigenvalue weighted by Crippen LogP contribution is -2.28. The van der Waals surface area contributed by atoms with Crippen LogP contribution in [0, 0.1) is 0 Å². The first kappa shape index (κ1) is 16.3. The van der Waals surface area contributed by atoms with Gasteiger partial charge in [0.25, 0.3) is 11.8 Å². The second-order valence-corrected chi connectivity index (χ2v) is 7.10. The highest BCUT2D eigenvalue weighted by molar-refractivity contribution is 7.08. The van der Waals surface area contributed by atoms with Crippen molar-refractivity contribution in [3.05, 3.63) is 39.3 Å². The molecule has 2 aromatic heterocycles. The maximum absolute atomic E-state index is 12.4. The minimum Gasteiger partial charge on any atom is -0.376 e. The molecule has 0 bridgehead atoms. The third-order valence-corrected chi connectivity index (χ3v) is 5.10. The first-order valence-corrected chi connectivity index (χ1v) is 9.44. The van der Waals surface area contributed by atoms with Crippen molar-refractivity contribution in [2.75, 3.05) is 13.2 Å². The van der Waals surface area contributed by atoms with E-state index in [0.717, 1.165) is 30.5 Å². The van der Waals surface area contributed by atoms with E-state index in [9.17, 15) is 9.59 Å². The van der Waals surface area contributed by atoms with Crippen LogP contribution in [0.4, 0.5) is 0 Å². The molecule has 0 unspecified atom stereocenters. The van der Waals surface area contributed by atoms with Gasteiger partial charge >= 0.3 is 0 Å². The second-order valence-electron chi connectivity index (χ2n) is 6.32. The molecule has 7 nitrogen and oxygen atoms in total. The third kappa shape index (κ3) is 3.59. The first-order valence-electron chi connectivity index (χ1n) is 8.50. The van der Waals surface area contributed by atoms with Gasteiger partial charge in [0.05, 0.1) is 19.8 Å². The number of nitrogens with one attached hydrogen (secondary N) is 2. The summed E-state index contributed by atoms with van der Waals surface area (Å²) in [5.41, 5.74) is 3.06. The Morgan fingerprint density at radius 3 is 3.00 bits per heavy atom. The van der Waals surface area contributed by atoms with Gasteiger partial charge in [-0.2, -0.15) is 16.4 Å². The molecule has 4 rings (SSSR count). The van der Waals surface area contributed by atoms with Gasteiger partial charge in [-0.05, 0) is 24.3 Å². The van der Waals surface area contributed by atoms with Crippen molar-refractivity contribution in [1.82, 2.24) is 20.4 Å². The summed E-state index contributed by atoms with van der Waals surface area (Å²) in [6.07, 6.45) is 2.82. The molecule has 1 aliphatic heterocycles. The number of aromatic nitrogens is 2.